The van der Waals surface area contributed by atoms with Crippen LogP contribution in [0.15, 0.2) is 36.4 Å². The maximum Gasteiger partial charge on any atom is 0.255 e. The van der Waals surface area contributed by atoms with Crippen LogP contribution in [-0.2, 0) is 0 Å². The van der Waals surface area contributed by atoms with Crippen LogP contribution in [0.25, 0.3) is 0 Å². The smallest absolute Gasteiger partial charge is 0.255 e. The fourth-order valence-corrected chi connectivity index (χ4v) is 1.78. The predicted octanol–water partition coefficient (Wildman–Crippen LogP) is 2.98. The number of methoxy groups -OCH3 is 1. The molecule has 0 atom stereocenters. The molecular formula is C15H15FN2O2. The summed E-state index contributed by atoms with van der Waals surface area (Å²) in [7, 11) is 1.47. The van der Waals surface area contributed by atoms with Crippen LogP contribution in [-0.4, -0.2) is 13.0 Å². The molecule has 0 bridgehead atoms. The van der Waals surface area contributed by atoms with Gasteiger partial charge in [-0.25, -0.2) is 4.39 Å². The molecule has 0 saturated heterocycles. The number of carbonyl (C=O) groups is 1. The Morgan fingerprint density at radius 2 is 2.00 bits per heavy atom. The van der Waals surface area contributed by atoms with Gasteiger partial charge in [-0.3, -0.25) is 4.79 Å². The summed E-state index contributed by atoms with van der Waals surface area (Å²) in [6.07, 6.45) is 0. The summed E-state index contributed by atoms with van der Waals surface area (Å²) in [5, 5.41) is 2.53. The Balaban J connectivity index is 2.26. The quantitative estimate of drug-likeness (QED) is 0.846. The minimum absolute atomic E-state index is 0.144. The van der Waals surface area contributed by atoms with Gasteiger partial charge in [0.05, 0.1) is 18.5 Å². The Kier molecular flexibility index (Phi) is 3.89. The number of ether oxygens (including phenoxy) is 1. The first-order valence-electron chi connectivity index (χ1n) is 6.02. The Bertz CT molecular complexity index is 656. The SMILES string of the molecule is COc1cc(C(=O)Nc2cc(C)ccc2F)ccc1N. The summed E-state index contributed by atoms with van der Waals surface area (Å²) in [4.78, 5) is 12.1. The Morgan fingerprint density at radius 1 is 1.25 bits per heavy atom. The minimum atomic E-state index is -0.480. The van der Waals surface area contributed by atoms with Crippen molar-refractivity contribution in [2.24, 2.45) is 0 Å². The van der Waals surface area contributed by atoms with Crippen molar-refractivity contribution in [3.63, 3.8) is 0 Å². The topological polar surface area (TPSA) is 64.3 Å². The fourth-order valence-electron chi connectivity index (χ4n) is 1.78. The average Bonchev–Trinajstić information content (AvgIpc) is 2.43. The van der Waals surface area contributed by atoms with E-state index in [1.54, 1.807) is 24.3 Å². The van der Waals surface area contributed by atoms with E-state index >= 15 is 0 Å². The van der Waals surface area contributed by atoms with E-state index in [1.807, 2.05) is 6.92 Å². The van der Waals surface area contributed by atoms with Gasteiger partial charge in [-0.2, -0.15) is 0 Å². The van der Waals surface area contributed by atoms with Gasteiger partial charge in [-0.1, -0.05) is 6.07 Å². The number of rotatable bonds is 3. The van der Waals surface area contributed by atoms with Crippen molar-refractivity contribution < 1.29 is 13.9 Å². The van der Waals surface area contributed by atoms with E-state index < -0.39 is 11.7 Å². The van der Waals surface area contributed by atoms with E-state index in [0.717, 1.165) is 5.56 Å². The lowest BCUT2D eigenvalue weighted by atomic mass is 10.1. The average molecular weight is 274 g/mol. The first kappa shape index (κ1) is 13.9. The van der Waals surface area contributed by atoms with Crippen molar-refractivity contribution in [2.75, 3.05) is 18.2 Å². The third kappa shape index (κ3) is 2.88. The van der Waals surface area contributed by atoms with Gasteiger partial charge in [0.1, 0.15) is 11.6 Å². The normalized spacial score (nSPS) is 10.2. The fraction of sp³-hybridized carbons (Fsp3) is 0.133. The molecule has 2 rings (SSSR count). The first-order valence-corrected chi connectivity index (χ1v) is 6.02. The highest BCUT2D eigenvalue weighted by molar-refractivity contribution is 6.04. The van der Waals surface area contributed by atoms with E-state index in [2.05, 4.69) is 5.32 Å². The van der Waals surface area contributed by atoms with Crippen LogP contribution in [0.3, 0.4) is 0 Å². The number of aryl methyl sites for hydroxylation is 1. The minimum Gasteiger partial charge on any atom is -0.495 e. The van der Waals surface area contributed by atoms with Crippen LogP contribution in [0.4, 0.5) is 15.8 Å². The zero-order chi connectivity index (χ0) is 14.7. The van der Waals surface area contributed by atoms with Crippen LogP contribution < -0.4 is 15.8 Å². The molecular weight excluding hydrogens is 259 g/mol. The van der Waals surface area contributed by atoms with Gasteiger partial charge in [0.15, 0.2) is 0 Å². The van der Waals surface area contributed by atoms with E-state index in [-0.39, 0.29) is 5.69 Å². The molecule has 5 heteroatoms. The monoisotopic (exact) mass is 274 g/mol. The number of anilines is 2. The highest BCUT2D eigenvalue weighted by Crippen LogP contribution is 2.23. The first-order chi connectivity index (χ1) is 9.51. The lowest BCUT2D eigenvalue weighted by molar-refractivity contribution is 0.102. The zero-order valence-corrected chi connectivity index (χ0v) is 11.2. The molecule has 3 N–H and O–H groups in total. The Labute approximate surface area is 116 Å². The third-order valence-electron chi connectivity index (χ3n) is 2.87. The third-order valence-corrected chi connectivity index (χ3v) is 2.87. The van der Waals surface area contributed by atoms with Gasteiger partial charge in [0.2, 0.25) is 0 Å². The summed E-state index contributed by atoms with van der Waals surface area (Å²) >= 11 is 0. The number of hydrogen-bond donors (Lipinski definition) is 2. The van der Waals surface area contributed by atoms with Crippen molar-refractivity contribution >= 4 is 17.3 Å². The molecule has 0 saturated carbocycles. The lowest BCUT2D eigenvalue weighted by Gasteiger charge is -2.09. The molecule has 0 aromatic heterocycles. The van der Waals surface area contributed by atoms with Crippen molar-refractivity contribution in [1.29, 1.82) is 0 Å². The van der Waals surface area contributed by atoms with Gasteiger partial charge in [-0.05, 0) is 42.8 Å². The van der Waals surface area contributed by atoms with Crippen molar-refractivity contribution in [1.82, 2.24) is 0 Å². The molecule has 0 heterocycles. The Hall–Kier alpha value is -2.56. The number of halogens is 1. The molecule has 104 valence electrons. The van der Waals surface area contributed by atoms with Gasteiger partial charge in [0, 0.05) is 5.56 Å². The van der Waals surface area contributed by atoms with Crippen LogP contribution in [0.2, 0.25) is 0 Å². The highest BCUT2D eigenvalue weighted by Gasteiger charge is 2.11. The zero-order valence-electron chi connectivity index (χ0n) is 11.2. The summed E-state index contributed by atoms with van der Waals surface area (Å²) in [6.45, 7) is 1.82. The van der Waals surface area contributed by atoms with Gasteiger partial charge in [-0.15, -0.1) is 0 Å². The maximum atomic E-state index is 13.6. The lowest BCUT2D eigenvalue weighted by Crippen LogP contribution is -2.13. The van der Waals surface area contributed by atoms with E-state index in [0.29, 0.717) is 17.0 Å². The molecule has 0 fully saturated rings. The van der Waals surface area contributed by atoms with Crippen molar-refractivity contribution in [3.8, 4) is 5.75 Å². The molecule has 0 radical (unpaired) electrons. The van der Waals surface area contributed by atoms with Crippen LogP contribution >= 0.6 is 0 Å². The second-order valence-electron chi connectivity index (χ2n) is 4.39. The molecule has 0 aliphatic heterocycles. The standard InChI is InChI=1S/C15H15FN2O2/c1-9-3-5-11(16)13(7-9)18-15(19)10-4-6-12(17)14(8-10)20-2/h3-8H,17H2,1-2H3,(H,18,19). The van der Waals surface area contributed by atoms with Gasteiger partial charge >= 0.3 is 0 Å². The van der Waals surface area contributed by atoms with Crippen LogP contribution in [0.1, 0.15) is 15.9 Å². The van der Waals surface area contributed by atoms with Crippen LogP contribution in [0.5, 0.6) is 5.75 Å². The number of benzene rings is 2. The van der Waals surface area contributed by atoms with E-state index in [1.165, 1.54) is 19.2 Å². The largest absolute Gasteiger partial charge is 0.495 e. The van der Waals surface area contributed by atoms with Gasteiger partial charge < -0.3 is 15.8 Å². The van der Waals surface area contributed by atoms with Crippen molar-refractivity contribution in [2.45, 2.75) is 6.92 Å². The molecule has 4 nitrogen and oxygen atoms in total. The number of carbonyl (C=O) groups excluding carboxylic acids is 1. The molecule has 0 spiro atoms. The summed E-state index contributed by atoms with van der Waals surface area (Å²) in [5.41, 5.74) is 7.46. The van der Waals surface area contributed by atoms with E-state index in [4.69, 9.17) is 10.5 Å². The second-order valence-corrected chi connectivity index (χ2v) is 4.39. The molecule has 1 amide bonds. The van der Waals surface area contributed by atoms with Crippen LogP contribution in [0, 0.1) is 12.7 Å². The molecule has 0 aliphatic rings. The molecule has 20 heavy (non-hydrogen) atoms. The maximum absolute atomic E-state index is 13.6. The molecule has 2 aromatic carbocycles. The number of amides is 1. The number of nitrogen functional groups attached to an aromatic ring is 1. The van der Waals surface area contributed by atoms with Gasteiger partial charge in [0.25, 0.3) is 5.91 Å². The summed E-state index contributed by atoms with van der Waals surface area (Å²) in [6, 6.07) is 9.16. The summed E-state index contributed by atoms with van der Waals surface area (Å²) in [5.74, 6) is -0.499. The number of hydrogen-bond acceptors (Lipinski definition) is 3. The second kappa shape index (κ2) is 5.61. The molecule has 0 aliphatic carbocycles. The predicted molar refractivity (Wildman–Crippen MR) is 76.5 cm³/mol. The molecule has 0 unspecified atom stereocenters. The molecule has 2 aromatic rings. The number of nitrogens with two attached hydrogens (primary N) is 1. The summed E-state index contributed by atoms with van der Waals surface area (Å²) < 4.78 is 18.6. The van der Waals surface area contributed by atoms with Crippen molar-refractivity contribution in [3.05, 3.63) is 53.3 Å². The van der Waals surface area contributed by atoms with E-state index in [9.17, 15) is 9.18 Å². The Morgan fingerprint density at radius 3 is 2.70 bits per heavy atom. The number of nitrogens with one attached hydrogen (secondary N) is 1. The highest BCUT2D eigenvalue weighted by atomic mass is 19.1.